The number of rotatable bonds is 5. The summed E-state index contributed by atoms with van der Waals surface area (Å²) < 4.78 is 4.97. The molecular weight excluding hydrogens is 184 g/mol. The molecule has 0 radical (unpaired) electrons. The summed E-state index contributed by atoms with van der Waals surface area (Å²) >= 11 is 1.82. The van der Waals surface area contributed by atoms with Crippen molar-refractivity contribution >= 4 is 17.5 Å². The number of Topliss-reactive ketones (excluding diaryl/α,β-unsaturated/α-hetero) is 1. The van der Waals surface area contributed by atoms with Gasteiger partial charge >= 0.3 is 0 Å². The van der Waals surface area contributed by atoms with Crippen LogP contribution in [0.1, 0.15) is 26.2 Å². The Morgan fingerprint density at radius 3 is 3.00 bits per heavy atom. The van der Waals surface area contributed by atoms with Crippen molar-refractivity contribution in [3.8, 4) is 0 Å². The summed E-state index contributed by atoms with van der Waals surface area (Å²) in [5.41, 5.74) is 0. The van der Waals surface area contributed by atoms with Crippen LogP contribution in [0, 0.1) is 5.92 Å². The van der Waals surface area contributed by atoms with Crippen LogP contribution in [-0.2, 0) is 9.53 Å². The van der Waals surface area contributed by atoms with Crippen molar-refractivity contribution < 1.29 is 9.53 Å². The molecule has 0 amide bonds. The standard InChI is InChI=1S/C10H18O2S/c1-8(5-6-12-2)10(11)9-4-3-7-13-9/h8-9H,3-7H2,1-2H3. The largest absolute Gasteiger partial charge is 0.385 e. The maximum Gasteiger partial charge on any atom is 0.148 e. The second-order valence-electron chi connectivity index (χ2n) is 3.59. The molecule has 76 valence electrons. The zero-order chi connectivity index (χ0) is 9.68. The summed E-state index contributed by atoms with van der Waals surface area (Å²) in [5, 5.41) is 0.284. The molecule has 1 fully saturated rings. The van der Waals surface area contributed by atoms with Gasteiger partial charge in [-0.05, 0) is 25.0 Å². The van der Waals surface area contributed by atoms with Gasteiger partial charge < -0.3 is 4.74 Å². The summed E-state index contributed by atoms with van der Waals surface area (Å²) in [4.78, 5) is 11.8. The van der Waals surface area contributed by atoms with E-state index in [0.29, 0.717) is 12.4 Å². The Balaban J connectivity index is 2.28. The minimum absolute atomic E-state index is 0.176. The molecule has 2 atom stereocenters. The predicted molar refractivity (Wildman–Crippen MR) is 56.1 cm³/mol. The first kappa shape index (κ1) is 11.1. The lowest BCUT2D eigenvalue weighted by Crippen LogP contribution is -2.22. The SMILES string of the molecule is COCCC(C)C(=O)C1CCCS1. The number of thioether (sulfide) groups is 1. The molecule has 0 spiro atoms. The Hall–Kier alpha value is -0.0200. The third-order valence-electron chi connectivity index (χ3n) is 2.49. The van der Waals surface area contributed by atoms with Gasteiger partial charge in [0.1, 0.15) is 5.78 Å². The van der Waals surface area contributed by atoms with Crippen LogP contribution in [0.4, 0.5) is 0 Å². The van der Waals surface area contributed by atoms with E-state index in [1.54, 1.807) is 7.11 Å². The maximum absolute atomic E-state index is 11.8. The van der Waals surface area contributed by atoms with Crippen molar-refractivity contribution in [3.05, 3.63) is 0 Å². The molecular formula is C10H18O2S. The monoisotopic (exact) mass is 202 g/mol. The van der Waals surface area contributed by atoms with Crippen LogP contribution in [0.2, 0.25) is 0 Å². The summed E-state index contributed by atoms with van der Waals surface area (Å²) in [6.07, 6.45) is 3.16. The highest BCUT2D eigenvalue weighted by Crippen LogP contribution is 2.29. The average molecular weight is 202 g/mol. The van der Waals surface area contributed by atoms with Crippen LogP contribution in [0.5, 0.6) is 0 Å². The van der Waals surface area contributed by atoms with Crippen molar-refractivity contribution in [2.24, 2.45) is 5.92 Å². The normalized spacial score (nSPS) is 24.6. The van der Waals surface area contributed by atoms with Gasteiger partial charge in [-0.15, -0.1) is 0 Å². The van der Waals surface area contributed by atoms with E-state index in [2.05, 4.69) is 0 Å². The molecule has 0 aromatic heterocycles. The van der Waals surface area contributed by atoms with Gasteiger partial charge in [-0.1, -0.05) is 6.92 Å². The van der Waals surface area contributed by atoms with Gasteiger partial charge in [0.15, 0.2) is 0 Å². The highest BCUT2D eigenvalue weighted by molar-refractivity contribution is 8.00. The number of hydrogen-bond acceptors (Lipinski definition) is 3. The number of hydrogen-bond donors (Lipinski definition) is 0. The zero-order valence-corrected chi connectivity index (χ0v) is 9.23. The molecule has 13 heavy (non-hydrogen) atoms. The maximum atomic E-state index is 11.8. The molecule has 2 nitrogen and oxygen atoms in total. The van der Waals surface area contributed by atoms with Crippen molar-refractivity contribution in [2.45, 2.75) is 31.4 Å². The van der Waals surface area contributed by atoms with E-state index in [1.165, 1.54) is 6.42 Å². The lowest BCUT2D eigenvalue weighted by atomic mass is 9.98. The van der Waals surface area contributed by atoms with E-state index >= 15 is 0 Å². The first-order valence-corrected chi connectivity index (χ1v) is 5.95. The lowest BCUT2D eigenvalue weighted by Gasteiger charge is -2.13. The van der Waals surface area contributed by atoms with Crippen LogP contribution in [0.25, 0.3) is 0 Å². The van der Waals surface area contributed by atoms with Crippen LogP contribution < -0.4 is 0 Å². The smallest absolute Gasteiger partial charge is 0.148 e. The van der Waals surface area contributed by atoms with Gasteiger partial charge in [0.25, 0.3) is 0 Å². The Morgan fingerprint density at radius 2 is 2.46 bits per heavy atom. The van der Waals surface area contributed by atoms with Crippen molar-refractivity contribution in [1.82, 2.24) is 0 Å². The molecule has 1 heterocycles. The number of ketones is 1. The Morgan fingerprint density at radius 1 is 1.69 bits per heavy atom. The van der Waals surface area contributed by atoms with Gasteiger partial charge in [0.05, 0.1) is 5.25 Å². The fourth-order valence-corrected chi connectivity index (χ4v) is 2.90. The summed E-state index contributed by atoms with van der Waals surface area (Å²) in [7, 11) is 1.68. The van der Waals surface area contributed by atoms with E-state index in [4.69, 9.17) is 4.74 Å². The van der Waals surface area contributed by atoms with Crippen molar-refractivity contribution in [1.29, 1.82) is 0 Å². The fraction of sp³-hybridized carbons (Fsp3) is 0.900. The van der Waals surface area contributed by atoms with E-state index in [0.717, 1.165) is 18.6 Å². The highest BCUT2D eigenvalue weighted by Gasteiger charge is 2.26. The molecule has 0 aromatic rings. The fourth-order valence-electron chi connectivity index (χ4n) is 1.56. The second kappa shape index (κ2) is 5.66. The van der Waals surface area contributed by atoms with Crippen LogP contribution in [-0.4, -0.2) is 30.5 Å². The molecule has 1 saturated heterocycles. The van der Waals surface area contributed by atoms with Crippen LogP contribution >= 0.6 is 11.8 Å². The number of carbonyl (C=O) groups is 1. The zero-order valence-electron chi connectivity index (χ0n) is 8.41. The van der Waals surface area contributed by atoms with E-state index in [1.807, 2.05) is 18.7 Å². The van der Waals surface area contributed by atoms with Crippen molar-refractivity contribution in [2.75, 3.05) is 19.5 Å². The molecule has 2 unspecified atom stereocenters. The Labute approximate surface area is 84.4 Å². The Bertz CT molecular complexity index is 164. The number of carbonyl (C=O) groups excluding carboxylic acids is 1. The summed E-state index contributed by atoms with van der Waals surface area (Å²) in [5.74, 6) is 1.77. The van der Waals surface area contributed by atoms with E-state index in [-0.39, 0.29) is 11.2 Å². The third kappa shape index (κ3) is 3.31. The van der Waals surface area contributed by atoms with Gasteiger partial charge in [0.2, 0.25) is 0 Å². The number of ether oxygens (including phenoxy) is 1. The molecule has 1 aliphatic heterocycles. The van der Waals surface area contributed by atoms with Gasteiger partial charge in [0, 0.05) is 19.6 Å². The minimum atomic E-state index is 0.176. The number of methoxy groups -OCH3 is 1. The minimum Gasteiger partial charge on any atom is -0.385 e. The lowest BCUT2D eigenvalue weighted by molar-refractivity contribution is -0.122. The molecule has 3 heteroatoms. The summed E-state index contributed by atoms with van der Waals surface area (Å²) in [6, 6.07) is 0. The molecule has 0 saturated carbocycles. The first-order valence-electron chi connectivity index (χ1n) is 4.90. The van der Waals surface area contributed by atoms with Gasteiger partial charge in [-0.25, -0.2) is 0 Å². The van der Waals surface area contributed by atoms with E-state index < -0.39 is 0 Å². The molecule has 1 aliphatic rings. The first-order chi connectivity index (χ1) is 6.25. The molecule has 0 bridgehead atoms. The van der Waals surface area contributed by atoms with E-state index in [9.17, 15) is 4.79 Å². The van der Waals surface area contributed by atoms with Crippen LogP contribution in [0.15, 0.2) is 0 Å². The Kier molecular flexibility index (Phi) is 4.81. The molecule has 0 aromatic carbocycles. The average Bonchev–Trinajstić information content (AvgIpc) is 2.65. The van der Waals surface area contributed by atoms with Gasteiger partial charge in [-0.2, -0.15) is 11.8 Å². The highest BCUT2D eigenvalue weighted by atomic mass is 32.2. The quantitative estimate of drug-likeness (QED) is 0.683. The van der Waals surface area contributed by atoms with Crippen molar-refractivity contribution in [3.63, 3.8) is 0 Å². The molecule has 0 N–H and O–H groups in total. The third-order valence-corrected chi connectivity index (χ3v) is 3.88. The summed E-state index contributed by atoms with van der Waals surface area (Å²) in [6.45, 7) is 2.71. The van der Waals surface area contributed by atoms with Crippen LogP contribution in [0.3, 0.4) is 0 Å². The molecule has 0 aliphatic carbocycles. The topological polar surface area (TPSA) is 26.3 Å². The van der Waals surface area contributed by atoms with Gasteiger partial charge in [-0.3, -0.25) is 4.79 Å². The molecule has 1 rings (SSSR count). The predicted octanol–water partition coefficient (Wildman–Crippen LogP) is 2.12. The second-order valence-corrected chi connectivity index (χ2v) is 4.90.